The van der Waals surface area contributed by atoms with Gasteiger partial charge in [0.05, 0.1) is 5.52 Å². The first-order chi connectivity index (χ1) is 7.27. The van der Waals surface area contributed by atoms with Crippen molar-refractivity contribution in [1.82, 2.24) is 4.98 Å². The molecule has 1 heterocycles. The minimum Gasteiger partial charge on any atom is -0.255 e. The van der Waals surface area contributed by atoms with E-state index in [1.54, 1.807) is 11.8 Å². The van der Waals surface area contributed by atoms with E-state index >= 15 is 0 Å². The Hall–Kier alpha value is -1.28. The van der Waals surface area contributed by atoms with Gasteiger partial charge >= 0.3 is 0 Å². The first-order valence-electron chi connectivity index (χ1n) is 4.88. The predicted octanol–water partition coefficient (Wildman–Crippen LogP) is 3.90. The number of thioether (sulfide) groups is 1. The van der Waals surface area contributed by atoms with Crippen molar-refractivity contribution >= 4 is 22.7 Å². The predicted molar refractivity (Wildman–Crippen MR) is 67.3 cm³/mol. The van der Waals surface area contributed by atoms with Crippen LogP contribution < -0.4 is 0 Å². The molecule has 0 saturated heterocycles. The highest BCUT2D eigenvalue weighted by molar-refractivity contribution is 7.99. The van der Waals surface area contributed by atoms with Gasteiger partial charge in [0.25, 0.3) is 0 Å². The van der Waals surface area contributed by atoms with E-state index in [0.29, 0.717) is 0 Å². The lowest BCUT2D eigenvalue weighted by Crippen LogP contribution is -1.84. The molecular weight excluding hydrogens is 202 g/mol. The summed E-state index contributed by atoms with van der Waals surface area (Å²) in [6, 6.07) is 10.3. The standard InChI is InChI=1S/C13H13NS/c1-10(2)9-15-12-7-3-5-11-6-4-8-14-13(11)12/h3-8H,1,9H2,2H3. The molecule has 0 bridgehead atoms. The number of pyridine rings is 1. The summed E-state index contributed by atoms with van der Waals surface area (Å²) in [5, 5.41) is 1.20. The summed E-state index contributed by atoms with van der Waals surface area (Å²) in [5.41, 5.74) is 2.28. The summed E-state index contributed by atoms with van der Waals surface area (Å²) in [4.78, 5) is 5.64. The highest BCUT2D eigenvalue weighted by atomic mass is 32.2. The Morgan fingerprint density at radius 3 is 2.93 bits per heavy atom. The van der Waals surface area contributed by atoms with Crippen LogP contribution in [0.15, 0.2) is 53.6 Å². The Labute approximate surface area is 94.2 Å². The minimum atomic E-state index is 0.954. The number of fused-ring (bicyclic) bond motifs is 1. The van der Waals surface area contributed by atoms with Gasteiger partial charge in [-0.05, 0) is 19.1 Å². The molecule has 1 aromatic carbocycles. The molecule has 0 aliphatic carbocycles. The maximum Gasteiger partial charge on any atom is 0.0837 e. The van der Waals surface area contributed by atoms with Crippen LogP contribution in [0.3, 0.4) is 0 Å². The van der Waals surface area contributed by atoms with Crippen LogP contribution in [0.1, 0.15) is 6.92 Å². The SMILES string of the molecule is C=C(C)CSc1cccc2cccnc12. The molecule has 1 aromatic heterocycles. The average molecular weight is 215 g/mol. The van der Waals surface area contributed by atoms with Crippen LogP contribution >= 0.6 is 11.8 Å². The molecule has 0 N–H and O–H groups in total. The van der Waals surface area contributed by atoms with Crippen molar-refractivity contribution in [1.29, 1.82) is 0 Å². The molecule has 0 aliphatic rings. The highest BCUT2D eigenvalue weighted by Crippen LogP contribution is 2.26. The minimum absolute atomic E-state index is 0.954. The lowest BCUT2D eigenvalue weighted by atomic mass is 10.2. The third-order valence-electron chi connectivity index (χ3n) is 2.07. The summed E-state index contributed by atoms with van der Waals surface area (Å²) in [5.74, 6) is 0.954. The molecule has 2 aromatic rings. The van der Waals surface area contributed by atoms with Gasteiger partial charge in [0.15, 0.2) is 0 Å². The first-order valence-corrected chi connectivity index (χ1v) is 5.87. The Balaban J connectivity index is 2.38. The number of benzene rings is 1. The Morgan fingerprint density at radius 2 is 2.13 bits per heavy atom. The van der Waals surface area contributed by atoms with E-state index in [-0.39, 0.29) is 0 Å². The molecule has 76 valence electrons. The van der Waals surface area contributed by atoms with Crippen LogP contribution in [0, 0.1) is 0 Å². The van der Waals surface area contributed by atoms with Crippen molar-refractivity contribution in [2.75, 3.05) is 5.75 Å². The van der Waals surface area contributed by atoms with Crippen molar-refractivity contribution in [3.8, 4) is 0 Å². The molecule has 0 spiro atoms. The second kappa shape index (κ2) is 4.49. The monoisotopic (exact) mass is 215 g/mol. The number of hydrogen-bond acceptors (Lipinski definition) is 2. The average Bonchev–Trinajstić information content (AvgIpc) is 2.26. The smallest absolute Gasteiger partial charge is 0.0837 e. The number of nitrogens with zero attached hydrogens (tertiary/aromatic N) is 1. The van der Waals surface area contributed by atoms with E-state index in [0.717, 1.165) is 11.3 Å². The second-order valence-electron chi connectivity index (χ2n) is 3.58. The van der Waals surface area contributed by atoms with E-state index in [9.17, 15) is 0 Å². The Kier molecular flexibility index (Phi) is 3.07. The lowest BCUT2D eigenvalue weighted by Gasteiger charge is -2.04. The number of aromatic nitrogens is 1. The molecule has 15 heavy (non-hydrogen) atoms. The van der Waals surface area contributed by atoms with E-state index in [1.165, 1.54) is 15.9 Å². The van der Waals surface area contributed by atoms with Gasteiger partial charge in [-0.3, -0.25) is 4.98 Å². The molecule has 0 radical (unpaired) electrons. The summed E-state index contributed by atoms with van der Waals surface area (Å²) < 4.78 is 0. The van der Waals surface area contributed by atoms with Gasteiger partial charge in [0, 0.05) is 22.2 Å². The highest BCUT2D eigenvalue weighted by Gasteiger charge is 2.01. The summed E-state index contributed by atoms with van der Waals surface area (Å²) in [6.45, 7) is 5.96. The zero-order valence-corrected chi connectivity index (χ0v) is 9.55. The molecule has 0 saturated carbocycles. The van der Waals surface area contributed by atoms with Crippen molar-refractivity contribution in [2.24, 2.45) is 0 Å². The quantitative estimate of drug-likeness (QED) is 0.569. The van der Waals surface area contributed by atoms with Crippen LogP contribution in [0.5, 0.6) is 0 Å². The fourth-order valence-corrected chi connectivity index (χ4v) is 2.28. The van der Waals surface area contributed by atoms with Gasteiger partial charge in [-0.2, -0.15) is 0 Å². The fourth-order valence-electron chi connectivity index (χ4n) is 1.39. The third kappa shape index (κ3) is 2.39. The van der Waals surface area contributed by atoms with Crippen LogP contribution in [-0.4, -0.2) is 10.7 Å². The number of rotatable bonds is 3. The normalized spacial score (nSPS) is 10.5. The van der Waals surface area contributed by atoms with Crippen LogP contribution in [0.25, 0.3) is 10.9 Å². The van der Waals surface area contributed by atoms with Crippen molar-refractivity contribution < 1.29 is 0 Å². The molecule has 2 heteroatoms. The maximum absolute atomic E-state index is 4.41. The molecular formula is C13H13NS. The molecule has 0 atom stereocenters. The summed E-state index contributed by atoms with van der Waals surface area (Å²) in [6.07, 6.45) is 1.84. The molecule has 0 amide bonds. The van der Waals surface area contributed by atoms with Gasteiger partial charge in [-0.1, -0.05) is 30.4 Å². The summed E-state index contributed by atoms with van der Waals surface area (Å²) >= 11 is 1.80. The fraction of sp³-hybridized carbons (Fsp3) is 0.154. The van der Waals surface area contributed by atoms with Crippen LogP contribution in [-0.2, 0) is 0 Å². The van der Waals surface area contributed by atoms with Crippen LogP contribution in [0.2, 0.25) is 0 Å². The van der Waals surface area contributed by atoms with Crippen molar-refractivity contribution in [2.45, 2.75) is 11.8 Å². The Bertz CT molecular complexity index is 485. The second-order valence-corrected chi connectivity index (χ2v) is 4.59. The zero-order valence-electron chi connectivity index (χ0n) is 8.73. The van der Waals surface area contributed by atoms with Gasteiger partial charge in [0.2, 0.25) is 0 Å². The molecule has 0 aliphatic heterocycles. The molecule has 0 unspecified atom stereocenters. The molecule has 1 nitrogen and oxygen atoms in total. The van der Waals surface area contributed by atoms with Crippen LogP contribution in [0.4, 0.5) is 0 Å². The van der Waals surface area contributed by atoms with Gasteiger partial charge in [-0.15, -0.1) is 11.8 Å². The van der Waals surface area contributed by atoms with Gasteiger partial charge in [0.1, 0.15) is 0 Å². The van der Waals surface area contributed by atoms with Crippen molar-refractivity contribution in [3.63, 3.8) is 0 Å². The first kappa shape index (κ1) is 10.2. The maximum atomic E-state index is 4.41. The Morgan fingerprint density at radius 1 is 1.33 bits per heavy atom. The van der Waals surface area contributed by atoms with E-state index in [2.05, 4.69) is 35.8 Å². The summed E-state index contributed by atoms with van der Waals surface area (Å²) in [7, 11) is 0. The van der Waals surface area contributed by atoms with E-state index in [1.807, 2.05) is 19.2 Å². The van der Waals surface area contributed by atoms with Gasteiger partial charge < -0.3 is 0 Å². The zero-order chi connectivity index (χ0) is 10.7. The van der Waals surface area contributed by atoms with E-state index in [4.69, 9.17) is 0 Å². The molecule has 2 rings (SSSR count). The van der Waals surface area contributed by atoms with E-state index < -0.39 is 0 Å². The third-order valence-corrected chi connectivity index (χ3v) is 3.35. The number of hydrogen-bond donors (Lipinski definition) is 0. The lowest BCUT2D eigenvalue weighted by molar-refractivity contribution is 1.34. The largest absolute Gasteiger partial charge is 0.255 e. The molecule has 0 fully saturated rings. The topological polar surface area (TPSA) is 12.9 Å². The van der Waals surface area contributed by atoms with Gasteiger partial charge in [-0.25, -0.2) is 0 Å². The number of para-hydroxylation sites is 1. The van der Waals surface area contributed by atoms with Crippen molar-refractivity contribution in [3.05, 3.63) is 48.7 Å².